The zero-order chi connectivity index (χ0) is 28.7. The van der Waals surface area contributed by atoms with E-state index in [-0.39, 0.29) is 24.0 Å². The number of imide groups is 1. The van der Waals surface area contributed by atoms with Crippen molar-refractivity contribution >= 4 is 29.7 Å². The molecule has 2 aliphatic carbocycles. The first-order valence-corrected chi connectivity index (χ1v) is 14.0. The third-order valence-electron chi connectivity index (χ3n) is 8.27. The molecular weight excluding hydrogens is 524 g/mol. The van der Waals surface area contributed by atoms with Gasteiger partial charge in [-0.3, -0.25) is 28.9 Å². The Labute approximate surface area is 237 Å². The molecule has 3 aliphatic rings. The average Bonchev–Trinajstić information content (AvgIpc) is 3.67. The van der Waals surface area contributed by atoms with E-state index in [1.54, 1.807) is 31.5 Å². The lowest BCUT2D eigenvalue weighted by molar-refractivity contribution is -0.122. The van der Waals surface area contributed by atoms with E-state index in [9.17, 15) is 19.2 Å². The third-order valence-corrected chi connectivity index (χ3v) is 8.27. The van der Waals surface area contributed by atoms with Crippen LogP contribution in [0.4, 0.5) is 5.69 Å². The smallest absolute Gasteiger partial charge is 0.262 e. The Balaban J connectivity index is 1.09. The number of primary amides is 1. The minimum Gasteiger partial charge on any atom is -0.494 e. The minimum atomic E-state index is -1.15. The molecule has 0 bridgehead atoms. The topological polar surface area (TPSA) is 150 Å². The van der Waals surface area contributed by atoms with Gasteiger partial charge in [-0.2, -0.15) is 5.10 Å². The van der Waals surface area contributed by atoms with Crippen LogP contribution in [0.1, 0.15) is 76.9 Å². The fraction of sp³-hybridized carbons (Fsp3) is 0.400. The highest BCUT2D eigenvalue weighted by Crippen LogP contribution is 2.46. The third kappa shape index (κ3) is 4.96. The molecule has 3 amide bonds. The monoisotopic (exact) mass is 556 g/mol. The van der Waals surface area contributed by atoms with Crippen molar-refractivity contribution in [1.29, 1.82) is 0 Å². The predicted molar refractivity (Wildman–Crippen MR) is 149 cm³/mol. The molecule has 2 saturated carbocycles. The van der Waals surface area contributed by atoms with Crippen molar-refractivity contribution in [2.75, 3.05) is 19.0 Å². The molecule has 3 N–H and O–H groups in total. The number of amides is 3. The molecule has 3 aromatic rings. The number of pyridine rings is 1. The fourth-order valence-corrected chi connectivity index (χ4v) is 5.81. The number of aromatic nitrogens is 3. The molecule has 1 aliphatic heterocycles. The van der Waals surface area contributed by atoms with Crippen molar-refractivity contribution in [1.82, 2.24) is 19.7 Å². The Kier molecular flexibility index (Phi) is 7.02. The SMILES string of the molecule is COc1cccnc1-c1cn([C@H]2C[C@H](CNc3ccc4c(c3)C(=O)N(C(CCC=O)C(N)=O)C4=O)C2)nc1C1CC1. The van der Waals surface area contributed by atoms with E-state index in [0.29, 0.717) is 30.7 Å². The van der Waals surface area contributed by atoms with Crippen molar-refractivity contribution in [2.24, 2.45) is 11.7 Å². The number of benzene rings is 1. The number of nitrogens with two attached hydrogens (primary N) is 1. The first kappa shape index (κ1) is 26.7. The van der Waals surface area contributed by atoms with Crippen LogP contribution in [0.5, 0.6) is 5.75 Å². The number of nitrogens with zero attached hydrogens (tertiary/aromatic N) is 4. The Morgan fingerprint density at radius 3 is 2.66 bits per heavy atom. The highest BCUT2D eigenvalue weighted by molar-refractivity contribution is 6.23. The van der Waals surface area contributed by atoms with Crippen LogP contribution in [0, 0.1) is 5.92 Å². The van der Waals surface area contributed by atoms with Gasteiger partial charge < -0.3 is 20.6 Å². The number of rotatable bonds is 12. The molecule has 1 aromatic carbocycles. The summed E-state index contributed by atoms with van der Waals surface area (Å²) in [6.07, 6.45) is 8.77. The molecule has 0 saturated heterocycles. The molecule has 1 atom stereocenters. The second-order valence-corrected chi connectivity index (χ2v) is 11.0. The molecule has 6 rings (SSSR count). The number of anilines is 1. The van der Waals surface area contributed by atoms with Crippen LogP contribution < -0.4 is 15.8 Å². The first-order valence-electron chi connectivity index (χ1n) is 14.0. The molecular formula is C30H32N6O5. The van der Waals surface area contributed by atoms with E-state index >= 15 is 0 Å². The molecule has 11 nitrogen and oxygen atoms in total. The van der Waals surface area contributed by atoms with Gasteiger partial charge in [0, 0.05) is 42.5 Å². The van der Waals surface area contributed by atoms with Gasteiger partial charge in [0.1, 0.15) is 23.8 Å². The Bertz CT molecular complexity index is 1520. The van der Waals surface area contributed by atoms with E-state index < -0.39 is 23.8 Å². The highest BCUT2D eigenvalue weighted by Gasteiger charge is 2.42. The molecule has 0 radical (unpaired) electrons. The number of carbonyl (C=O) groups excluding carboxylic acids is 4. The number of fused-ring (bicyclic) bond motifs is 1. The van der Waals surface area contributed by atoms with E-state index in [2.05, 4.69) is 21.2 Å². The summed E-state index contributed by atoms with van der Waals surface area (Å²) in [5.41, 5.74) is 9.59. The van der Waals surface area contributed by atoms with Gasteiger partial charge >= 0.3 is 0 Å². The standard InChI is InChI=1S/C30H32N6O5/c1-41-25-5-2-10-32-27(25)23-16-35(34-26(23)18-6-7-18)20-12-17(13-20)15-33-19-8-9-21-22(14-19)30(40)36(29(21)39)24(28(31)38)4-3-11-37/h2,5,8-11,14,16-18,20,24,33H,3-4,6-7,12-13,15H2,1H3,(H2,31,38)/t17-,20-,24?. The van der Waals surface area contributed by atoms with Gasteiger partial charge in [-0.25, -0.2) is 0 Å². The van der Waals surface area contributed by atoms with E-state index in [0.717, 1.165) is 59.0 Å². The zero-order valence-electron chi connectivity index (χ0n) is 22.8. The van der Waals surface area contributed by atoms with Crippen LogP contribution in [0.15, 0.2) is 42.7 Å². The second-order valence-electron chi connectivity index (χ2n) is 11.0. The summed E-state index contributed by atoms with van der Waals surface area (Å²) in [6, 6.07) is 7.93. The lowest BCUT2D eigenvalue weighted by Crippen LogP contribution is -2.47. The van der Waals surface area contributed by atoms with Crippen LogP contribution >= 0.6 is 0 Å². The van der Waals surface area contributed by atoms with Crippen LogP contribution in [-0.2, 0) is 9.59 Å². The van der Waals surface area contributed by atoms with Crippen LogP contribution in [0.25, 0.3) is 11.3 Å². The quantitative estimate of drug-likeness (QED) is 0.255. The molecule has 41 heavy (non-hydrogen) atoms. The Morgan fingerprint density at radius 1 is 1.17 bits per heavy atom. The largest absolute Gasteiger partial charge is 0.494 e. The normalized spacial score (nSPS) is 20.4. The Hall–Kier alpha value is -4.54. The van der Waals surface area contributed by atoms with Crippen molar-refractivity contribution < 1.29 is 23.9 Å². The number of hydrogen-bond donors (Lipinski definition) is 2. The highest BCUT2D eigenvalue weighted by atomic mass is 16.5. The van der Waals surface area contributed by atoms with Crippen LogP contribution in [0.3, 0.4) is 0 Å². The number of carbonyl (C=O) groups is 4. The van der Waals surface area contributed by atoms with E-state index in [1.165, 1.54) is 0 Å². The first-order chi connectivity index (χ1) is 19.9. The zero-order valence-corrected chi connectivity index (χ0v) is 22.8. The average molecular weight is 557 g/mol. The van der Waals surface area contributed by atoms with E-state index in [4.69, 9.17) is 15.6 Å². The number of hydrogen-bond acceptors (Lipinski definition) is 8. The summed E-state index contributed by atoms with van der Waals surface area (Å²) in [5.74, 6) is -0.311. The Morgan fingerprint density at radius 2 is 1.95 bits per heavy atom. The fourth-order valence-electron chi connectivity index (χ4n) is 5.81. The van der Waals surface area contributed by atoms with Gasteiger partial charge in [0.05, 0.1) is 30.0 Å². The second kappa shape index (κ2) is 10.8. The van der Waals surface area contributed by atoms with Crippen molar-refractivity contribution in [2.45, 2.75) is 56.5 Å². The predicted octanol–water partition coefficient (Wildman–Crippen LogP) is 3.32. The molecule has 0 spiro atoms. The summed E-state index contributed by atoms with van der Waals surface area (Å²) >= 11 is 0. The van der Waals surface area contributed by atoms with E-state index in [1.807, 2.05) is 12.1 Å². The number of methoxy groups -OCH3 is 1. The maximum atomic E-state index is 13.1. The van der Waals surface area contributed by atoms with Crippen molar-refractivity contribution in [3.8, 4) is 17.0 Å². The van der Waals surface area contributed by atoms with Gasteiger partial charge in [0.25, 0.3) is 11.8 Å². The molecule has 2 aromatic heterocycles. The van der Waals surface area contributed by atoms with Gasteiger partial charge in [-0.05, 0) is 68.4 Å². The van der Waals surface area contributed by atoms with Gasteiger partial charge in [-0.1, -0.05) is 0 Å². The molecule has 3 heterocycles. The summed E-state index contributed by atoms with van der Waals surface area (Å²) < 4.78 is 7.64. The maximum absolute atomic E-state index is 13.1. The summed E-state index contributed by atoms with van der Waals surface area (Å²) in [6.45, 7) is 0.710. The summed E-state index contributed by atoms with van der Waals surface area (Å²) in [4.78, 5) is 54.1. The van der Waals surface area contributed by atoms with Crippen LogP contribution in [0.2, 0.25) is 0 Å². The molecule has 212 valence electrons. The molecule has 2 fully saturated rings. The molecule has 1 unspecified atom stereocenters. The van der Waals surface area contributed by atoms with Gasteiger partial charge in [-0.15, -0.1) is 0 Å². The summed E-state index contributed by atoms with van der Waals surface area (Å²) in [7, 11) is 1.66. The number of ether oxygens (including phenoxy) is 1. The maximum Gasteiger partial charge on any atom is 0.262 e. The summed E-state index contributed by atoms with van der Waals surface area (Å²) in [5, 5.41) is 8.37. The number of aldehydes is 1. The van der Waals surface area contributed by atoms with Gasteiger partial charge in [0.2, 0.25) is 5.91 Å². The van der Waals surface area contributed by atoms with Crippen molar-refractivity contribution in [3.05, 3.63) is 59.5 Å². The number of nitrogens with one attached hydrogen (secondary N) is 1. The van der Waals surface area contributed by atoms with Crippen LogP contribution in [-0.4, -0.2) is 63.4 Å². The lowest BCUT2D eigenvalue weighted by Gasteiger charge is -2.35. The molecule has 11 heteroatoms. The van der Waals surface area contributed by atoms with Gasteiger partial charge in [0.15, 0.2) is 0 Å². The lowest BCUT2D eigenvalue weighted by atomic mass is 9.80. The van der Waals surface area contributed by atoms with Crippen molar-refractivity contribution in [3.63, 3.8) is 0 Å². The minimum absolute atomic E-state index is 0.00750.